The molecular weight excluding hydrogens is 596 g/mol. The van der Waals surface area contributed by atoms with E-state index < -0.39 is 18.2 Å². The normalized spacial score (nSPS) is 15.3. The number of cyclic esters (lactones) is 1. The van der Waals surface area contributed by atoms with Crippen LogP contribution in [0.2, 0.25) is 0 Å². The van der Waals surface area contributed by atoms with Crippen molar-refractivity contribution >= 4 is 17.9 Å². The summed E-state index contributed by atoms with van der Waals surface area (Å²) >= 11 is 0. The smallest absolute Gasteiger partial charge is 0.343 e. The Morgan fingerprint density at radius 2 is 1.40 bits per heavy atom. The lowest BCUT2D eigenvalue weighted by molar-refractivity contribution is -0.158. The third-order valence-electron chi connectivity index (χ3n) is 7.86. The highest BCUT2D eigenvalue weighted by Gasteiger charge is 2.35. The zero-order chi connectivity index (χ0) is 33.6. The zero-order valence-electron chi connectivity index (χ0n) is 27.3. The van der Waals surface area contributed by atoms with Crippen LogP contribution in [0.5, 0.6) is 17.2 Å². The van der Waals surface area contributed by atoms with Gasteiger partial charge in [0, 0.05) is 24.5 Å². The van der Waals surface area contributed by atoms with Crippen molar-refractivity contribution in [2.45, 2.75) is 90.1 Å². The number of carbonyl (C=O) groups is 3. The Balaban J connectivity index is 1.32. The van der Waals surface area contributed by atoms with Crippen LogP contribution in [0.3, 0.4) is 0 Å². The average molecular weight is 641 g/mol. The third-order valence-corrected chi connectivity index (χ3v) is 7.86. The molecule has 1 aliphatic heterocycles. The Labute approximate surface area is 277 Å². The average Bonchev–Trinajstić information content (AvgIpc) is 3.43. The van der Waals surface area contributed by atoms with Crippen LogP contribution in [0, 0.1) is 0 Å². The summed E-state index contributed by atoms with van der Waals surface area (Å²) in [6.45, 7) is 11.5. The number of benzene rings is 3. The predicted octanol–water partition coefficient (Wildman–Crippen LogP) is 8.79. The largest absolute Gasteiger partial charge is 0.487 e. The molecule has 0 aromatic heterocycles. The quantitative estimate of drug-likeness (QED) is 0.0448. The number of hydrogen-bond acceptors (Lipinski definition) is 8. The van der Waals surface area contributed by atoms with Crippen molar-refractivity contribution < 1.29 is 38.1 Å². The van der Waals surface area contributed by atoms with E-state index >= 15 is 0 Å². The summed E-state index contributed by atoms with van der Waals surface area (Å²) in [6.07, 6.45) is 7.73. The van der Waals surface area contributed by atoms with Crippen molar-refractivity contribution in [1.82, 2.24) is 0 Å². The molecule has 0 saturated carbocycles. The second kappa shape index (κ2) is 17.7. The van der Waals surface area contributed by atoms with Gasteiger partial charge in [0.2, 0.25) is 6.29 Å². The van der Waals surface area contributed by atoms with Crippen molar-refractivity contribution in [2.24, 2.45) is 0 Å². The number of esters is 3. The highest BCUT2D eigenvalue weighted by Crippen LogP contribution is 2.29. The lowest BCUT2D eigenvalue weighted by Crippen LogP contribution is -2.31. The van der Waals surface area contributed by atoms with Gasteiger partial charge in [-0.2, -0.15) is 0 Å². The number of ether oxygens (including phenoxy) is 5. The molecule has 47 heavy (non-hydrogen) atoms. The van der Waals surface area contributed by atoms with Gasteiger partial charge < -0.3 is 23.7 Å². The fraction of sp³-hybridized carbons (Fsp3) is 0.359. The fourth-order valence-electron chi connectivity index (χ4n) is 5.18. The molecule has 0 N–H and O–H groups in total. The first-order chi connectivity index (χ1) is 22.8. The first-order valence-electron chi connectivity index (χ1n) is 16.4. The standard InChI is InChI=1S/C39H44O8/c1-5-8-10-11-12-34(35-26-27(4)38(41)46-35)43-31-24-18-30(19-25-31)39(42)45-33-22-16-29(17-23-33)28-14-20-32(21-15-28)44-37(13-9-6-2)47-36(40)7-3/h7,14-25,34-35,37H,3-6,8-13,26H2,1-2H3. The minimum atomic E-state index is -0.680. The van der Waals surface area contributed by atoms with Gasteiger partial charge >= 0.3 is 17.9 Å². The molecule has 0 bridgehead atoms. The Morgan fingerprint density at radius 3 is 1.98 bits per heavy atom. The van der Waals surface area contributed by atoms with E-state index in [4.69, 9.17) is 23.7 Å². The number of hydrogen-bond donors (Lipinski definition) is 0. The van der Waals surface area contributed by atoms with E-state index in [2.05, 4.69) is 27.0 Å². The minimum Gasteiger partial charge on any atom is -0.487 e. The Bertz CT molecular complexity index is 1480. The summed E-state index contributed by atoms with van der Waals surface area (Å²) in [5.74, 6) is 0.213. The van der Waals surface area contributed by atoms with Crippen molar-refractivity contribution in [3.8, 4) is 28.4 Å². The predicted molar refractivity (Wildman–Crippen MR) is 180 cm³/mol. The summed E-state index contributed by atoms with van der Waals surface area (Å²) in [4.78, 5) is 36.5. The Kier molecular flexibility index (Phi) is 13.2. The van der Waals surface area contributed by atoms with Gasteiger partial charge in [-0.25, -0.2) is 14.4 Å². The molecule has 3 atom stereocenters. The van der Waals surface area contributed by atoms with Gasteiger partial charge in [0.25, 0.3) is 0 Å². The van der Waals surface area contributed by atoms with Crippen LogP contribution < -0.4 is 14.2 Å². The van der Waals surface area contributed by atoms with Gasteiger partial charge in [-0.3, -0.25) is 0 Å². The van der Waals surface area contributed by atoms with Crippen molar-refractivity contribution in [3.63, 3.8) is 0 Å². The molecule has 3 unspecified atom stereocenters. The molecule has 1 aliphatic rings. The second-order valence-electron chi connectivity index (χ2n) is 11.6. The van der Waals surface area contributed by atoms with Crippen LogP contribution >= 0.6 is 0 Å². The molecule has 0 amide bonds. The van der Waals surface area contributed by atoms with E-state index in [0.717, 1.165) is 62.1 Å². The monoisotopic (exact) mass is 640 g/mol. The molecule has 1 saturated heterocycles. The van der Waals surface area contributed by atoms with Gasteiger partial charge in [0.1, 0.15) is 29.5 Å². The maximum absolute atomic E-state index is 12.9. The number of rotatable bonds is 18. The maximum atomic E-state index is 12.9. The summed E-state index contributed by atoms with van der Waals surface area (Å²) in [7, 11) is 0. The number of carbonyl (C=O) groups excluding carboxylic acids is 3. The van der Waals surface area contributed by atoms with Crippen LogP contribution in [-0.2, 0) is 19.1 Å². The van der Waals surface area contributed by atoms with Gasteiger partial charge in [-0.15, -0.1) is 0 Å². The molecule has 0 spiro atoms. The van der Waals surface area contributed by atoms with E-state index in [0.29, 0.717) is 41.2 Å². The van der Waals surface area contributed by atoms with Gasteiger partial charge in [0.05, 0.1) is 5.56 Å². The highest BCUT2D eigenvalue weighted by molar-refractivity contribution is 5.91. The van der Waals surface area contributed by atoms with E-state index in [-0.39, 0.29) is 18.2 Å². The van der Waals surface area contributed by atoms with Crippen LogP contribution in [0.1, 0.15) is 82.0 Å². The maximum Gasteiger partial charge on any atom is 0.343 e. The molecule has 8 nitrogen and oxygen atoms in total. The van der Waals surface area contributed by atoms with E-state index in [1.807, 2.05) is 36.4 Å². The SMILES string of the molecule is C=CC(=O)OC(CCCC)Oc1ccc(-c2ccc(OC(=O)c3ccc(OC(CCCCCC)C4CC(=C)C(=O)O4)cc3)cc2)cc1. The van der Waals surface area contributed by atoms with Crippen LogP contribution in [0.25, 0.3) is 11.1 Å². The van der Waals surface area contributed by atoms with Gasteiger partial charge in [-0.05, 0) is 78.9 Å². The van der Waals surface area contributed by atoms with Crippen LogP contribution in [0.4, 0.5) is 0 Å². The molecule has 4 rings (SSSR count). The first-order valence-corrected chi connectivity index (χ1v) is 16.4. The zero-order valence-corrected chi connectivity index (χ0v) is 27.3. The van der Waals surface area contributed by atoms with Crippen molar-refractivity contribution in [1.29, 1.82) is 0 Å². The lowest BCUT2D eigenvalue weighted by Gasteiger charge is -2.24. The molecular formula is C39H44O8. The molecule has 248 valence electrons. The molecule has 1 heterocycles. The first kappa shape index (κ1) is 35.0. The van der Waals surface area contributed by atoms with Crippen LogP contribution in [0.15, 0.2) is 97.6 Å². The third kappa shape index (κ3) is 10.6. The van der Waals surface area contributed by atoms with Crippen LogP contribution in [-0.4, -0.2) is 36.4 Å². The van der Waals surface area contributed by atoms with Crippen molar-refractivity contribution in [3.05, 3.63) is 103 Å². The molecule has 3 aromatic rings. The van der Waals surface area contributed by atoms with Gasteiger partial charge in [-0.1, -0.05) is 77.0 Å². The molecule has 3 aromatic carbocycles. The van der Waals surface area contributed by atoms with E-state index in [1.54, 1.807) is 36.4 Å². The Hall–Kier alpha value is -4.85. The minimum absolute atomic E-state index is 0.292. The molecule has 8 heteroatoms. The Morgan fingerprint density at radius 1 is 0.809 bits per heavy atom. The molecule has 1 fully saturated rings. The molecule has 0 aliphatic carbocycles. The van der Waals surface area contributed by atoms with Crippen molar-refractivity contribution in [2.75, 3.05) is 0 Å². The summed E-state index contributed by atoms with van der Waals surface area (Å²) in [5, 5.41) is 0. The van der Waals surface area contributed by atoms with E-state index in [1.165, 1.54) is 0 Å². The lowest BCUT2D eigenvalue weighted by atomic mass is 10.0. The topological polar surface area (TPSA) is 97.4 Å². The van der Waals surface area contributed by atoms with E-state index in [9.17, 15) is 14.4 Å². The summed E-state index contributed by atoms with van der Waals surface area (Å²) < 4.78 is 28.6. The fourth-order valence-corrected chi connectivity index (χ4v) is 5.18. The van der Waals surface area contributed by atoms with Gasteiger partial charge in [0.15, 0.2) is 0 Å². The summed E-state index contributed by atoms with van der Waals surface area (Å²) in [6, 6.07) is 21.5. The molecule has 0 radical (unpaired) electrons. The number of unbranched alkanes of at least 4 members (excludes halogenated alkanes) is 4. The summed E-state index contributed by atoms with van der Waals surface area (Å²) in [5.41, 5.74) is 2.72. The highest BCUT2D eigenvalue weighted by atomic mass is 16.7. The second-order valence-corrected chi connectivity index (χ2v) is 11.6.